The van der Waals surface area contributed by atoms with Crippen molar-refractivity contribution in [2.75, 3.05) is 12.3 Å². The van der Waals surface area contributed by atoms with Crippen molar-refractivity contribution < 1.29 is 13.2 Å². The largest absolute Gasteiger partial charge is 0.354 e. The van der Waals surface area contributed by atoms with Gasteiger partial charge >= 0.3 is 0 Å². The summed E-state index contributed by atoms with van der Waals surface area (Å²) in [6, 6.07) is 8.37. The van der Waals surface area contributed by atoms with Crippen molar-refractivity contribution >= 4 is 15.7 Å². The molecule has 6 heteroatoms. The van der Waals surface area contributed by atoms with Gasteiger partial charge in [0.25, 0.3) is 0 Å². The summed E-state index contributed by atoms with van der Waals surface area (Å²) < 4.78 is 24.2. The van der Waals surface area contributed by atoms with Gasteiger partial charge in [0.1, 0.15) is 0 Å². The summed E-state index contributed by atoms with van der Waals surface area (Å²) in [7, 11) is -3.28. The van der Waals surface area contributed by atoms with E-state index in [-0.39, 0.29) is 11.7 Å². The Balaban J connectivity index is 1.78. The van der Waals surface area contributed by atoms with Gasteiger partial charge in [-0.1, -0.05) is 37.5 Å². The van der Waals surface area contributed by atoms with Crippen LogP contribution < -0.4 is 11.1 Å². The van der Waals surface area contributed by atoms with Crippen molar-refractivity contribution in [1.29, 1.82) is 0 Å². The number of nitrogens with one attached hydrogen (secondary N) is 1. The number of carbonyl (C=O) groups is 1. The van der Waals surface area contributed by atoms with Crippen LogP contribution in [-0.2, 0) is 14.6 Å². The third kappa shape index (κ3) is 4.30. The Labute approximate surface area is 132 Å². The van der Waals surface area contributed by atoms with Crippen molar-refractivity contribution in [3.63, 3.8) is 0 Å². The molecular weight excluding hydrogens is 300 g/mol. The molecular formula is C16H24N2O3S. The van der Waals surface area contributed by atoms with Crippen LogP contribution in [0.4, 0.5) is 0 Å². The molecule has 0 atom stereocenters. The molecule has 1 amide bonds. The number of benzene rings is 1. The lowest BCUT2D eigenvalue weighted by Crippen LogP contribution is -2.55. The van der Waals surface area contributed by atoms with Crippen LogP contribution in [0.2, 0.25) is 0 Å². The van der Waals surface area contributed by atoms with E-state index in [9.17, 15) is 13.2 Å². The van der Waals surface area contributed by atoms with E-state index in [4.69, 9.17) is 5.73 Å². The fourth-order valence-corrected chi connectivity index (χ4v) is 4.13. The standard InChI is InChI=1S/C16H24N2O3S/c17-16(10-5-2-6-11-16)15(19)18-12-7-13-22(20,21)14-8-3-1-4-9-14/h1,3-4,8-9H,2,5-7,10-13,17H2,(H,18,19). The number of sulfone groups is 1. The number of nitrogens with two attached hydrogens (primary N) is 1. The Morgan fingerprint density at radius 1 is 1.14 bits per heavy atom. The maximum absolute atomic E-state index is 12.1. The molecule has 0 aliphatic heterocycles. The minimum atomic E-state index is -3.28. The normalized spacial score (nSPS) is 17.9. The Morgan fingerprint density at radius 2 is 1.77 bits per heavy atom. The molecule has 3 N–H and O–H groups in total. The molecule has 22 heavy (non-hydrogen) atoms. The molecule has 0 bridgehead atoms. The second-order valence-corrected chi connectivity index (χ2v) is 8.07. The van der Waals surface area contributed by atoms with E-state index >= 15 is 0 Å². The van der Waals surface area contributed by atoms with E-state index < -0.39 is 15.4 Å². The van der Waals surface area contributed by atoms with Crippen molar-refractivity contribution in [3.05, 3.63) is 30.3 Å². The first-order chi connectivity index (χ1) is 10.4. The molecule has 0 unspecified atom stereocenters. The maximum Gasteiger partial charge on any atom is 0.240 e. The van der Waals surface area contributed by atoms with E-state index in [2.05, 4.69) is 5.32 Å². The Kier molecular flexibility index (Phi) is 5.58. The molecule has 1 aliphatic carbocycles. The lowest BCUT2D eigenvalue weighted by atomic mass is 9.82. The van der Waals surface area contributed by atoms with Crippen LogP contribution in [0.1, 0.15) is 38.5 Å². The molecule has 0 spiro atoms. The van der Waals surface area contributed by atoms with E-state index in [0.717, 1.165) is 19.3 Å². The van der Waals surface area contributed by atoms with Crippen molar-refractivity contribution in [1.82, 2.24) is 5.32 Å². The molecule has 1 aliphatic rings. The molecule has 1 aromatic rings. The van der Waals surface area contributed by atoms with E-state index in [1.54, 1.807) is 30.3 Å². The Hall–Kier alpha value is -1.40. The summed E-state index contributed by atoms with van der Waals surface area (Å²) in [5.74, 6) is -0.126. The van der Waals surface area contributed by atoms with Gasteiger partial charge in [0, 0.05) is 6.54 Å². The first-order valence-electron chi connectivity index (χ1n) is 7.79. The Morgan fingerprint density at radius 3 is 2.41 bits per heavy atom. The monoisotopic (exact) mass is 324 g/mol. The molecule has 1 fully saturated rings. The summed E-state index contributed by atoms with van der Waals surface area (Å²) in [5.41, 5.74) is 5.36. The van der Waals surface area contributed by atoms with Gasteiger partial charge in [-0.15, -0.1) is 0 Å². The molecule has 1 aromatic carbocycles. The van der Waals surface area contributed by atoms with Crippen LogP contribution in [0.5, 0.6) is 0 Å². The molecule has 0 aromatic heterocycles. The van der Waals surface area contributed by atoms with Crippen LogP contribution >= 0.6 is 0 Å². The number of hydrogen-bond acceptors (Lipinski definition) is 4. The quantitative estimate of drug-likeness (QED) is 0.778. The summed E-state index contributed by atoms with van der Waals surface area (Å²) >= 11 is 0. The van der Waals surface area contributed by atoms with Gasteiger partial charge in [0.2, 0.25) is 5.91 Å². The van der Waals surface area contributed by atoms with E-state index in [0.29, 0.717) is 30.7 Å². The highest BCUT2D eigenvalue weighted by Gasteiger charge is 2.34. The molecule has 0 saturated heterocycles. The van der Waals surface area contributed by atoms with E-state index in [1.165, 1.54) is 0 Å². The third-order valence-corrected chi connectivity index (χ3v) is 5.99. The molecule has 1 saturated carbocycles. The smallest absolute Gasteiger partial charge is 0.240 e. The highest BCUT2D eigenvalue weighted by atomic mass is 32.2. The predicted octanol–water partition coefficient (Wildman–Crippen LogP) is 1.63. The molecule has 122 valence electrons. The van der Waals surface area contributed by atoms with Gasteiger partial charge < -0.3 is 11.1 Å². The van der Waals surface area contributed by atoms with Crippen LogP contribution in [0.3, 0.4) is 0 Å². The molecule has 0 heterocycles. The molecule has 2 rings (SSSR count). The number of rotatable bonds is 6. The zero-order valence-electron chi connectivity index (χ0n) is 12.8. The van der Waals surface area contributed by atoms with Gasteiger partial charge in [0.15, 0.2) is 9.84 Å². The average molecular weight is 324 g/mol. The summed E-state index contributed by atoms with van der Waals surface area (Å²) in [5, 5.41) is 2.79. The van der Waals surface area contributed by atoms with Gasteiger partial charge in [0.05, 0.1) is 16.2 Å². The lowest BCUT2D eigenvalue weighted by Gasteiger charge is -2.31. The van der Waals surface area contributed by atoms with Gasteiger partial charge in [-0.05, 0) is 31.4 Å². The second-order valence-electron chi connectivity index (χ2n) is 5.96. The highest BCUT2D eigenvalue weighted by molar-refractivity contribution is 7.91. The van der Waals surface area contributed by atoms with Crippen LogP contribution in [-0.4, -0.2) is 32.2 Å². The summed E-state index contributed by atoms with van der Waals surface area (Å²) in [6.07, 6.45) is 4.89. The zero-order valence-corrected chi connectivity index (χ0v) is 13.6. The maximum atomic E-state index is 12.1. The number of carbonyl (C=O) groups excluding carboxylic acids is 1. The average Bonchev–Trinajstić information content (AvgIpc) is 2.53. The third-order valence-electron chi connectivity index (χ3n) is 4.18. The summed E-state index contributed by atoms with van der Waals surface area (Å²) in [6.45, 7) is 0.337. The fraction of sp³-hybridized carbons (Fsp3) is 0.562. The van der Waals surface area contributed by atoms with Crippen LogP contribution in [0, 0.1) is 0 Å². The van der Waals surface area contributed by atoms with Gasteiger partial charge in [-0.3, -0.25) is 4.79 Å². The number of amides is 1. The zero-order chi connectivity index (χ0) is 16.1. The first-order valence-corrected chi connectivity index (χ1v) is 9.44. The van der Waals surface area contributed by atoms with Gasteiger partial charge in [-0.25, -0.2) is 8.42 Å². The first kappa shape index (κ1) is 17.0. The van der Waals surface area contributed by atoms with Crippen molar-refractivity contribution in [3.8, 4) is 0 Å². The Bertz CT molecular complexity index is 593. The van der Waals surface area contributed by atoms with Crippen LogP contribution in [0.15, 0.2) is 35.2 Å². The van der Waals surface area contributed by atoms with Crippen molar-refractivity contribution in [2.45, 2.75) is 49.0 Å². The minimum Gasteiger partial charge on any atom is -0.354 e. The van der Waals surface area contributed by atoms with Crippen molar-refractivity contribution in [2.24, 2.45) is 5.73 Å². The van der Waals surface area contributed by atoms with E-state index in [1.807, 2.05) is 0 Å². The SMILES string of the molecule is NC1(C(=O)NCCCS(=O)(=O)c2ccccc2)CCCCC1. The topological polar surface area (TPSA) is 89.3 Å². The fourth-order valence-electron chi connectivity index (χ4n) is 2.80. The number of hydrogen-bond donors (Lipinski definition) is 2. The lowest BCUT2D eigenvalue weighted by molar-refractivity contribution is -0.127. The summed E-state index contributed by atoms with van der Waals surface area (Å²) in [4.78, 5) is 12.5. The molecule has 0 radical (unpaired) electrons. The predicted molar refractivity (Wildman–Crippen MR) is 86.1 cm³/mol. The molecule has 5 nitrogen and oxygen atoms in total. The van der Waals surface area contributed by atoms with Gasteiger partial charge in [-0.2, -0.15) is 0 Å². The van der Waals surface area contributed by atoms with Crippen LogP contribution in [0.25, 0.3) is 0 Å². The minimum absolute atomic E-state index is 0.0227. The second kappa shape index (κ2) is 7.24. The highest BCUT2D eigenvalue weighted by Crippen LogP contribution is 2.25.